The number of piperazine rings is 1. The molecule has 1 unspecified atom stereocenters. The Morgan fingerprint density at radius 1 is 1.02 bits per heavy atom. The summed E-state index contributed by atoms with van der Waals surface area (Å²) in [6, 6.07) is 11.8. The van der Waals surface area contributed by atoms with Crippen molar-refractivity contribution in [3.63, 3.8) is 0 Å². The topological polar surface area (TPSA) is 101 Å². The minimum Gasteiger partial charge on any atom is -0.452 e. The van der Waals surface area contributed by atoms with E-state index >= 15 is 0 Å². The Kier molecular flexibility index (Phi) is 8.10. The quantitative estimate of drug-likeness (QED) is 0.437. The van der Waals surface area contributed by atoms with Crippen molar-refractivity contribution in [3.8, 4) is 11.5 Å². The van der Waals surface area contributed by atoms with Crippen LogP contribution in [0.2, 0.25) is 5.02 Å². The fraction of sp³-hybridized carbons (Fsp3) is 0.370. The lowest BCUT2D eigenvalue weighted by Gasteiger charge is -2.32. The van der Waals surface area contributed by atoms with E-state index in [-0.39, 0.29) is 29.7 Å². The zero-order chi connectivity index (χ0) is 30.2. The largest absolute Gasteiger partial charge is 0.573 e. The molecule has 1 fully saturated rings. The van der Waals surface area contributed by atoms with E-state index in [0.717, 1.165) is 22.3 Å². The molecule has 0 radical (unpaired) electrons. The number of likely N-dealkylation sites (N-methyl/N-ethyl adjacent to an activating group) is 1. The summed E-state index contributed by atoms with van der Waals surface area (Å²) in [6.45, 7) is 1.96. The van der Waals surface area contributed by atoms with Gasteiger partial charge in [0, 0.05) is 50.9 Å². The van der Waals surface area contributed by atoms with Crippen LogP contribution in [0.15, 0.2) is 58.1 Å². The Balaban J connectivity index is 1.50. The Hall–Kier alpha value is -4.17. The summed E-state index contributed by atoms with van der Waals surface area (Å²) in [5.74, 6) is -0.697. The molecule has 42 heavy (non-hydrogen) atoms. The fourth-order valence-corrected chi connectivity index (χ4v) is 4.96. The monoisotopic (exact) mass is 608 g/mol. The first kappa shape index (κ1) is 29.3. The molecule has 1 aromatic heterocycles. The van der Waals surface area contributed by atoms with E-state index in [1.54, 1.807) is 29.2 Å². The number of rotatable bonds is 7. The first-order valence-corrected chi connectivity index (χ1v) is 13.4. The molecule has 0 spiro atoms. The molecule has 15 heteroatoms. The van der Waals surface area contributed by atoms with E-state index in [0.29, 0.717) is 31.2 Å². The van der Waals surface area contributed by atoms with Crippen LogP contribution < -0.4 is 30.9 Å². The molecule has 3 heterocycles. The van der Waals surface area contributed by atoms with Gasteiger partial charge in [0.05, 0.1) is 0 Å². The number of halogens is 4. The maximum atomic E-state index is 13.8. The van der Waals surface area contributed by atoms with Crippen LogP contribution >= 0.6 is 11.6 Å². The second kappa shape index (κ2) is 11.6. The number of benzene rings is 2. The smallest absolute Gasteiger partial charge is 0.452 e. The SMILES string of the molecule is CN1CCN(C(=O)Cn2c(=O)c3c(n(C)c2=O)NC(Oc2cccc(OC(F)(F)F)c2)N3Cc2ccc(Cl)cc2)CC1. The highest BCUT2D eigenvalue weighted by Gasteiger charge is 2.37. The number of hydrogen-bond acceptors (Lipinski definition) is 8. The molecule has 1 N–H and O–H groups in total. The number of carbonyl (C=O) groups is 1. The van der Waals surface area contributed by atoms with Crippen molar-refractivity contribution in [1.29, 1.82) is 0 Å². The molecule has 1 saturated heterocycles. The van der Waals surface area contributed by atoms with E-state index in [4.69, 9.17) is 16.3 Å². The predicted molar refractivity (Wildman–Crippen MR) is 149 cm³/mol. The normalized spacial score (nSPS) is 17.1. The predicted octanol–water partition coefficient (Wildman–Crippen LogP) is 2.67. The fourth-order valence-electron chi connectivity index (χ4n) is 4.83. The third-order valence-electron chi connectivity index (χ3n) is 7.06. The number of ether oxygens (including phenoxy) is 2. The zero-order valence-corrected chi connectivity index (χ0v) is 23.5. The molecule has 3 aromatic rings. The van der Waals surface area contributed by atoms with E-state index in [2.05, 4.69) is 15.0 Å². The van der Waals surface area contributed by atoms with Crippen LogP contribution in [0.25, 0.3) is 0 Å². The molecule has 11 nitrogen and oxygen atoms in total. The lowest BCUT2D eigenvalue weighted by Crippen LogP contribution is -2.50. The van der Waals surface area contributed by atoms with Crippen LogP contribution in [0.5, 0.6) is 11.5 Å². The summed E-state index contributed by atoms with van der Waals surface area (Å²) in [7, 11) is 3.40. The van der Waals surface area contributed by atoms with Crippen molar-refractivity contribution < 1.29 is 27.4 Å². The van der Waals surface area contributed by atoms with Crippen LogP contribution in [0, 0.1) is 0 Å². The van der Waals surface area contributed by atoms with Gasteiger partial charge in [-0.25, -0.2) is 9.36 Å². The minimum absolute atomic E-state index is 0.0127. The highest BCUT2D eigenvalue weighted by Crippen LogP contribution is 2.34. The highest BCUT2D eigenvalue weighted by atomic mass is 35.5. The van der Waals surface area contributed by atoms with Gasteiger partial charge in [0.1, 0.15) is 29.5 Å². The van der Waals surface area contributed by atoms with Gasteiger partial charge in [-0.3, -0.25) is 14.2 Å². The average Bonchev–Trinajstić information content (AvgIpc) is 3.28. The molecule has 224 valence electrons. The van der Waals surface area contributed by atoms with Gasteiger partial charge in [-0.15, -0.1) is 13.2 Å². The Labute approximate surface area is 243 Å². The molecule has 0 saturated carbocycles. The number of hydrogen-bond donors (Lipinski definition) is 1. The van der Waals surface area contributed by atoms with Crippen LogP contribution in [-0.4, -0.2) is 70.8 Å². The maximum Gasteiger partial charge on any atom is 0.573 e. The average molecular weight is 609 g/mol. The number of nitrogens with one attached hydrogen (secondary N) is 1. The Morgan fingerprint density at radius 3 is 2.36 bits per heavy atom. The van der Waals surface area contributed by atoms with Crippen molar-refractivity contribution in [2.75, 3.05) is 43.4 Å². The third-order valence-corrected chi connectivity index (χ3v) is 7.31. The highest BCUT2D eigenvalue weighted by molar-refractivity contribution is 6.30. The van der Waals surface area contributed by atoms with Gasteiger partial charge in [0.25, 0.3) is 11.9 Å². The molecule has 2 aliphatic rings. The van der Waals surface area contributed by atoms with E-state index in [1.807, 2.05) is 7.05 Å². The molecular formula is C27H28ClF3N6O5. The summed E-state index contributed by atoms with van der Waals surface area (Å²) in [5, 5.41) is 3.49. The number of anilines is 2. The van der Waals surface area contributed by atoms with Crippen molar-refractivity contribution in [2.45, 2.75) is 25.8 Å². The summed E-state index contributed by atoms with van der Waals surface area (Å²) in [4.78, 5) is 45.4. The van der Waals surface area contributed by atoms with Crippen molar-refractivity contribution in [3.05, 3.63) is 80.0 Å². The first-order valence-electron chi connectivity index (χ1n) is 13.0. The molecule has 1 atom stereocenters. The van der Waals surface area contributed by atoms with Crippen LogP contribution in [0.3, 0.4) is 0 Å². The van der Waals surface area contributed by atoms with Crippen LogP contribution in [0.1, 0.15) is 5.56 Å². The molecule has 5 rings (SSSR count). The number of carbonyl (C=O) groups excluding carboxylic acids is 1. The van der Waals surface area contributed by atoms with Crippen LogP contribution in [0.4, 0.5) is 24.7 Å². The van der Waals surface area contributed by atoms with Gasteiger partial charge in [-0.2, -0.15) is 0 Å². The van der Waals surface area contributed by atoms with E-state index < -0.39 is 36.3 Å². The second-order valence-corrected chi connectivity index (χ2v) is 10.4. The van der Waals surface area contributed by atoms with Gasteiger partial charge >= 0.3 is 12.1 Å². The van der Waals surface area contributed by atoms with Gasteiger partial charge < -0.3 is 29.5 Å². The van der Waals surface area contributed by atoms with Gasteiger partial charge in [-0.1, -0.05) is 29.8 Å². The lowest BCUT2D eigenvalue weighted by atomic mass is 10.2. The summed E-state index contributed by atoms with van der Waals surface area (Å²) in [5.41, 5.74) is -0.630. The molecule has 2 aromatic carbocycles. The van der Waals surface area contributed by atoms with Crippen LogP contribution in [-0.2, 0) is 24.9 Å². The molecule has 0 bridgehead atoms. The lowest BCUT2D eigenvalue weighted by molar-refractivity contribution is -0.274. The van der Waals surface area contributed by atoms with Gasteiger partial charge in [-0.05, 0) is 36.9 Å². The van der Waals surface area contributed by atoms with E-state index in [9.17, 15) is 27.6 Å². The summed E-state index contributed by atoms with van der Waals surface area (Å²) in [6.07, 6.45) is -6.01. The van der Waals surface area contributed by atoms with Gasteiger partial charge in [0.15, 0.2) is 0 Å². The van der Waals surface area contributed by atoms with E-state index in [1.165, 1.54) is 28.6 Å². The number of amides is 1. The maximum absolute atomic E-state index is 13.8. The molecule has 0 aliphatic carbocycles. The molecule has 2 aliphatic heterocycles. The molecule has 1 amide bonds. The summed E-state index contributed by atoms with van der Waals surface area (Å²) < 4.78 is 50.5. The zero-order valence-electron chi connectivity index (χ0n) is 22.7. The number of aromatic nitrogens is 2. The van der Waals surface area contributed by atoms with Crippen molar-refractivity contribution in [2.24, 2.45) is 7.05 Å². The Bertz CT molecular complexity index is 1590. The van der Waals surface area contributed by atoms with Crippen molar-refractivity contribution in [1.82, 2.24) is 18.9 Å². The number of fused-ring (bicyclic) bond motifs is 1. The third kappa shape index (κ3) is 6.34. The standard InChI is InChI=1S/C27H28ClF3N6O5/c1-33-10-12-35(13-11-33)21(38)16-37-24(39)22-23(34(2)26(37)40)32-25(36(22)15-17-6-8-18(28)9-7-17)41-19-4-3-5-20(14-19)42-27(29,30)31/h3-9,14,25,32H,10-13,15-16H2,1-2H3. The summed E-state index contributed by atoms with van der Waals surface area (Å²) >= 11 is 6.04. The number of nitrogens with zero attached hydrogens (tertiary/aromatic N) is 5. The van der Waals surface area contributed by atoms with Gasteiger partial charge in [0.2, 0.25) is 5.91 Å². The molecular weight excluding hydrogens is 581 g/mol. The van der Waals surface area contributed by atoms with Crippen molar-refractivity contribution >= 4 is 29.0 Å². The second-order valence-electron chi connectivity index (χ2n) is 10.0. The number of alkyl halides is 3. The first-order chi connectivity index (χ1) is 19.9. The Morgan fingerprint density at radius 2 is 1.69 bits per heavy atom. The minimum atomic E-state index is -4.90.